The number of benzene rings is 2. The van der Waals surface area contributed by atoms with E-state index >= 15 is 0 Å². The Hall–Kier alpha value is -1.97. The zero-order chi connectivity index (χ0) is 21.2. The second kappa shape index (κ2) is 11.9. The minimum Gasteiger partial charge on any atom is -0.293 e. The molecule has 2 fully saturated rings. The molecule has 0 aromatic heterocycles. The molecule has 2 aliphatic rings. The topological polar surface area (TPSA) is 23.6 Å². The molecule has 29 heavy (non-hydrogen) atoms. The molecule has 2 aromatic rings. The van der Waals surface area contributed by atoms with Gasteiger partial charge in [-0.2, -0.15) is 0 Å². The molecule has 0 bridgehead atoms. The maximum Gasteiger partial charge on any atom is 0.176 e. The lowest BCUT2D eigenvalue weighted by atomic mass is 10.0. The highest BCUT2D eigenvalue weighted by atomic mass is 16.1. The number of ketones is 1. The number of aryl methyl sites for hydroxylation is 1. The van der Waals surface area contributed by atoms with Gasteiger partial charge in [0.15, 0.2) is 5.78 Å². The molecule has 0 radical (unpaired) electrons. The predicted octanol–water partition coefficient (Wildman–Crippen LogP) is 6.02. The summed E-state index contributed by atoms with van der Waals surface area (Å²) in [7, 11) is 0. The molecule has 0 spiro atoms. The van der Waals surface area contributed by atoms with Crippen molar-refractivity contribution in [3.05, 3.63) is 59.7 Å². The Morgan fingerprint density at radius 3 is 2.00 bits per heavy atom. The Kier molecular flexibility index (Phi) is 9.56. The Labute approximate surface area is 177 Å². The maximum atomic E-state index is 12.7. The van der Waals surface area contributed by atoms with E-state index in [1.807, 2.05) is 39.8 Å². The van der Waals surface area contributed by atoms with Gasteiger partial charge < -0.3 is 0 Å². The largest absolute Gasteiger partial charge is 0.293 e. The normalized spacial score (nSPS) is 18.7. The molecule has 2 saturated heterocycles. The van der Waals surface area contributed by atoms with Crippen molar-refractivity contribution in [3.63, 3.8) is 0 Å². The summed E-state index contributed by atoms with van der Waals surface area (Å²) in [6.45, 7) is 14.1. The van der Waals surface area contributed by atoms with Gasteiger partial charge in [-0.25, -0.2) is 0 Å². The van der Waals surface area contributed by atoms with Crippen molar-refractivity contribution >= 4 is 5.78 Å². The molecule has 0 saturated carbocycles. The highest BCUT2D eigenvalue weighted by molar-refractivity contribution is 5.98. The number of hydrogen-bond donors (Lipinski definition) is 0. The van der Waals surface area contributed by atoms with E-state index < -0.39 is 0 Å². The molecule has 1 unspecified atom stereocenters. The quantitative estimate of drug-likeness (QED) is 0.592. The summed E-state index contributed by atoms with van der Waals surface area (Å²) in [5.74, 6) is 0.240. The van der Waals surface area contributed by atoms with Crippen LogP contribution in [-0.2, 0) is 0 Å². The van der Waals surface area contributed by atoms with Gasteiger partial charge in [0.2, 0.25) is 0 Å². The maximum absolute atomic E-state index is 12.7. The van der Waals surface area contributed by atoms with Crippen molar-refractivity contribution < 1.29 is 4.79 Å². The van der Waals surface area contributed by atoms with Crippen molar-refractivity contribution in [1.29, 1.82) is 0 Å². The number of nitrogens with zero attached hydrogens (tertiary/aromatic N) is 2. The highest BCUT2D eigenvalue weighted by Gasteiger charge is 2.33. The van der Waals surface area contributed by atoms with Gasteiger partial charge in [-0.1, -0.05) is 81.8 Å². The fourth-order valence-corrected chi connectivity index (χ4v) is 4.16. The van der Waals surface area contributed by atoms with E-state index in [0.717, 1.165) is 17.7 Å². The number of hydrogen-bond acceptors (Lipinski definition) is 3. The molecule has 0 aliphatic carbocycles. The van der Waals surface area contributed by atoms with Crippen LogP contribution in [0.15, 0.2) is 48.5 Å². The van der Waals surface area contributed by atoms with Gasteiger partial charge in [-0.05, 0) is 43.9 Å². The van der Waals surface area contributed by atoms with Crippen LogP contribution in [-0.4, -0.2) is 47.9 Å². The zero-order valence-electron chi connectivity index (χ0n) is 18.9. The summed E-state index contributed by atoms with van der Waals surface area (Å²) in [6, 6.07) is 16.6. The van der Waals surface area contributed by atoms with E-state index in [2.05, 4.69) is 53.1 Å². The SMILES string of the molecule is CC.CC.Cc1ccc(-c2ccc(C(=O)CN3CCCN4CCCC43)cc2)cc1. The van der Waals surface area contributed by atoms with Crippen molar-refractivity contribution in [2.75, 3.05) is 26.2 Å². The van der Waals surface area contributed by atoms with E-state index in [1.54, 1.807) is 0 Å². The van der Waals surface area contributed by atoms with Crippen LogP contribution in [0.25, 0.3) is 11.1 Å². The molecule has 158 valence electrons. The van der Waals surface area contributed by atoms with Gasteiger partial charge >= 0.3 is 0 Å². The van der Waals surface area contributed by atoms with Crippen molar-refractivity contribution in [2.24, 2.45) is 0 Å². The average molecular weight is 395 g/mol. The number of Topliss-reactive ketones (excluding diaryl/α,β-unsaturated/α-hetero) is 1. The van der Waals surface area contributed by atoms with Gasteiger partial charge in [0.1, 0.15) is 0 Å². The average Bonchev–Trinajstić information content (AvgIpc) is 3.27. The summed E-state index contributed by atoms with van der Waals surface area (Å²) in [4.78, 5) is 17.7. The summed E-state index contributed by atoms with van der Waals surface area (Å²) in [5, 5.41) is 0. The van der Waals surface area contributed by atoms with Crippen LogP contribution in [0.4, 0.5) is 0 Å². The van der Waals surface area contributed by atoms with Crippen LogP contribution in [0.3, 0.4) is 0 Å². The van der Waals surface area contributed by atoms with E-state index in [9.17, 15) is 4.79 Å². The number of rotatable bonds is 4. The minimum absolute atomic E-state index is 0.240. The van der Waals surface area contributed by atoms with E-state index in [0.29, 0.717) is 12.7 Å². The van der Waals surface area contributed by atoms with Crippen molar-refractivity contribution in [1.82, 2.24) is 9.80 Å². The Balaban J connectivity index is 0.000000707. The molecule has 3 heteroatoms. The first-order valence-electron chi connectivity index (χ1n) is 11.4. The van der Waals surface area contributed by atoms with Crippen molar-refractivity contribution in [3.8, 4) is 11.1 Å². The van der Waals surface area contributed by atoms with E-state index in [4.69, 9.17) is 0 Å². The Bertz CT molecular complexity index is 736. The fourth-order valence-electron chi connectivity index (χ4n) is 4.16. The lowest BCUT2D eigenvalue weighted by Gasteiger charge is -2.39. The third kappa shape index (κ3) is 6.01. The van der Waals surface area contributed by atoms with Gasteiger partial charge in [0.05, 0.1) is 12.7 Å². The second-order valence-corrected chi connectivity index (χ2v) is 7.35. The standard InChI is InChI=1S/C22H26N2O.2C2H6/c1-17-5-7-18(8-6-17)19-9-11-20(12-10-19)21(25)16-24-15-3-14-23-13-2-4-22(23)24;2*1-2/h5-12,22H,2-4,13-16H2,1H3;2*1-2H3. The second-order valence-electron chi connectivity index (χ2n) is 7.35. The van der Waals surface area contributed by atoms with Crippen LogP contribution < -0.4 is 0 Å². The molecule has 2 heterocycles. The number of carbonyl (C=O) groups excluding carboxylic acids is 1. The third-order valence-electron chi connectivity index (χ3n) is 5.58. The molecular weight excluding hydrogens is 356 g/mol. The first kappa shape index (κ1) is 23.3. The Morgan fingerprint density at radius 1 is 0.828 bits per heavy atom. The van der Waals surface area contributed by atoms with Crippen LogP contribution in [0, 0.1) is 6.92 Å². The molecular formula is C26H38N2O. The van der Waals surface area contributed by atoms with Crippen molar-refractivity contribution in [2.45, 2.75) is 60.0 Å². The van der Waals surface area contributed by atoms with Crippen LogP contribution in [0.2, 0.25) is 0 Å². The first-order valence-corrected chi connectivity index (χ1v) is 11.4. The molecule has 3 nitrogen and oxygen atoms in total. The van der Waals surface area contributed by atoms with Gasteiger partial charge in [-0.3, -0.25) is 14.6 Å². The summed E-state index contributed by atoms with van der Waals surface area (Å²) < 4.78 is 0. The molecule has 1 atom stereocenters. The molecule has 0 N–H and O–H groups in total. The monoisotopic (exact) mass is 394 g/mol. The summed E-state index contributed by atoms with van der Waals surface area (Å²) in [6.07, 6.45) is 4.14. The first-order chi connectivity index (χ1) is 14.2. The highest BCUT2D eigenvalue weighted by Crippen LogP contribution is 2.25. The summed E-state index contributed by atoms with van der Waals surface area (Å²) >= 11 is 0. The minimum atomic E-state index is 0.240. The molecule has 0 amide bonds. The Morgan fingerprint density at radius 2 is 1.38 bits per heavy atom. The molecule has 2 aromatic carbocycles. The lowest BCUT2D eigenvalue weighted by molar-refractivity contribution is 0.0338. The molecule has 2 aliphatic heterocycles. The van der Waals surface area contributed by atoms with Gasteiger partial charge in [0, 0.05) is 18.7 Å². The predicted molar refractivity (Wildman–Crippen MR) is 124 cm³/mol. The smallest absolute Gasteiger partial charge is 0.176 e. The van der Waals surface area contributed by atoms with Crippen LogP contribution in [0.5, 0.6) is 0 Å². The zero-order valence-corrected chi connectivity index (χ0v) is 18.9. The summed E-state index contributed by atoms with van der Waals surface area (Å²) in [5.41, 5.74) is 4.45. The third-order valence-corrected chi connectivity index (χ3v) is 5.58. The van der Waals surface area contributed by atoms with E-state index in [-0.39, 0.29) is 5.78 Å². The number of carbonyl (C=O) groups is 1. The van der Waals surface area contributed by atoms with Gasteiger partial charge in [0.25, 0.3) is 0 Å². The van der Waals surface area contributed by atoms with Crippen LogP contribution >= 0.6 is 0 Å². The van der Waals surface area contributed by atoms with E-state index in [1.165, 1.54) is 43.5 Å². The lowest BCUT2D eigenvalue weighted by Crippen LogP contribution is -2.51. The van der Waals surface area contributed by atoms with Gasteiger partial charge in [-0.15, -0.1) is 0 Å². The number of fused-ring (bicyclic) bond motifs is 1. The fraction of sp³-hybridized carbons (Fsp3) is 0.500. The molecule has 4 rings (SSSR count). The van der Waals surface area contributed by atoms with Crippen LogP contribution in [0.1, 0.15) is 62.9 Å².